The van der Waals surface area contributed by atoms with Crippen molar-refractivity contribution >= 4 is 17.8 Å². The summed E-state index contributed by atoms with van der Waals surface area (Å²) in [6.07, 6.45) is 7.05. The molecule has 0 bridgehead atoms. The van der Waals surface area contributed by atoms with Gasteiger partial charge in [-0.1, -0.05) is 39.0 Å². The average molecular weight is 269 g/mol. The van der Waals surface area contributed by atoms with E-state index in [9.17, 15) is 14.4 Å². The quantitative estimate of drug-likeness (QED) is 0.686. The number of likely N-dealkylation sites (tertiary alicyclic amines) is 1. The van der Waals surface area contributed by atoms with Crippen LogP contribution in [0.15, 0.2) is 0 Å². The SMILES string of the molecule is CCCCCCCCC(=O)N1C(=O)CC[C@H]1C(=O)O. The fourth-order valence-corrected chi connectivity index (χ4v) is 2.41. The molecular formula is C14H23NO4. The number of rotatable bonds is 8. The lowest BCUT2D eigenvalue weighted by molar-refractivity contribution is -0.154. The molecule has 0 unspecified atom stereocenters. The highest BCUT2D eigenvalue weighted by atomic mass is 16.4. The average Bonchev–Trinajstić information content (AvgIpc) is 2.75. The van der Waals surface area contributed by atoms with Crippen LogP contribution in [0.25, 0.3) is 0 Å². The van der Waals surface area contributed by atoms with E-state index >= 15 is 0 Å². The van der Waals surface area contributed by atoms with Gasteiger partial charge in [0, 0.05) is 12.8 Å². The van der Waals surface area contributed by atoms with Gasteiger partial charge in [0.25, 0.3) is 0 Å². The molecule has 0 saturated carbocycles. The van der Waals surface area contributed by atoms with Crippen LogP contribution >= 0.6 is 0 Å². The van der Waals surface area contributed by atoms with Crippen molar-refractivity contribution in [3.05, 3.63) is 0 Å². The summed E-state index contributed by atoms with van der Waals surface area (Å²) in [5.41, 5.74) is 0. The number of imide groups is 1. The molecule has 1 N–H and O–H groups in total. The molecule has 0 aromatic rings. The van der Waals surface area contributed by atoms with Crippen LogP contribution < -0.4 is 0 Å². The van der Waals surface area contributed by atoms with Gasteiger partial charge < -0.3 is 5.11 Å². The number of hydrogen-bond donors (Lipinski definition) is 1. The number of hydrogen-bond acceptors (Lipinski definition) is 3. The maximum Gasteiger partial charge on any atom is 0.326 e. The Labute approximate surface area is 114 Å². The lowest BCUT2D eigenvalue weighted by Crippen LogP contribution is -2.42. The maximum absolute atomic E-state index is 11.9. The van der Waals surface area contributed by atoms with E-state index < -0.39 is 12.0 Å². The van der Waals surface area contributed by atoms with Crippen LogP contribution in [0.3, 0.4) is 0 Å². The number of carboxylic acid groups (broad SMARTS) is 1. The summed E-state index contributed by atoms with van der Waals surface area (Å²) in [6.45, 7) is 2.15. The minimum atomic E-state index is -1.08. The third kappa shape index (κ3) is 4.65. The zero-order valence-electron chi connectivity index (χ0n) is 11.6. The van der Waals surface area contributed by atoms with Crippen LogP contribution in [0.2, 0.25) is 0 Å². The molecule has 0 aromatic carbocycles. The molecule has 0 spiro atoms. The van der Waals surface area contributed by atoms with Gasteiger partial charge in [-0.2, -0.15) is 0 Å². The topological polar surface area (TPSA) is 74.7 Å². The van der Waals surface area contributed by atoms with Gasteiger partial charge in [0.2, 0.25) is 11.8 Å². The first-order valence-corrected chi connectivity index (χ1v) is 7.15. The maximum atomic E-state index is 11.9. The molecular weight excluding hydrogens is 246 g/mol. The summed E-state index contributed by atoms with van der Waals surface area (Å²) in [5, 5.41) is 8.97. The number of nitrogens with zero attached hydrogens (tertiary/aromatic N) is 1. The molecule has 0 aliphatic carbocycles. The van der Waals surface area contributed by atoms with E-state index in [0.29, 0.717) is 0 Å². The second-order valence-electron chi connectivity index (χ2n) is 5.07. The van der Waals surface area contributed by atoms with Crippen LogP contribution in [0.1, 0.15) is 64.7 Å². The molecule has 1 atom stereocenters. The Morgan fingerprint density at radius 1 is 1.21 bits per heavy atom. The minimum Gasteiger partial charge on any atom is -0.480 e. The molecule has 1 fully saturated rings. The minimum absolute atomic E-state index is 0.166. The predicted molar refractivity (Wildman–Crippen MR) is 70.5 cm³/mol. The fraction of sp³-hybridized carbons (Fsp3) is 0.786. The normalized spacial score (nSPS) is 18.9. The summed E-state index contributed by atoms with van der Waals surface area (Å²) in [4.78, 5) is 35.4. The first kappa shape index (κ1) is 15.7. The number of aliphatic carboxylic acids is 1. The number of carbonyl (C=O) groups excluding carboxylic acids is 2. The van der Waals surface area contributed by atoms with E-state index in [4.69, 9.17) is 5.11 Å². The molecule has 1 aliphatic heterocycles. The van der Waals surface area contributed by atoms with E-state index in [1.165, 1.54) is 19.3 Å². The Hall–Kier alpha value is -1.39. The van der Waals surface area contributed by atoms with Gasteiger partial charge >= 0.3 is 5.97 Å². The monoisotopic (exact) mass is 269 g/mol. The third-order valence-electron chi connectivity index (χ3n) is 3.51. The van der Waals surface area contributed by atoms with E-state index in [-0.39, 0.29) is 31.1 Å². The van der Waals surface area contributed by atoms with Crippen LogP contribution in [-0.2, 0) is 14.4 Å². The van der Waals surface area contributed by atoms with Gasteiger partial charge in [0.05, 0.1) is 0 Å². The van der Waals surface area contributed by atoms with Crippen molar-refractivity contribution < 1.29 is 19.5 Å². The molecule has 0 radical (unpaired) electrons. The summed E-state index contributed by atoms with van der Waals surface area (Å²) < 4.78 is 0. The van der Waals surface area contributed by atoms with Gasteiger partial charge in [-0.05, 0) is 12.8 Å². The molecule has 108 valence electrons. The van der Waals surface area contributed by atoms with E-state index in [2.05, 4.69) is 6.92 Å². The van der Waals surface area contributed by atoms with Crippen LogP contribution in [0.5, 0.6) is 0 Å². The van der Waals surface area contributed by atoms with Crippen LogP contribution in [0.4, 0.5) is 0 Å². The predicted octanol–water partition coefficient (Wildman–Crippen LogP) is 2.34. The van der Waals surface area contributed by atoms with Gasteiger partial charge in [0.1, 0.15) is 6.04 Å². The Morgan fingerprint density at radius 3 is 2.47 bits per heavy atom. The summed E-state index contributed by atoms with van der Waals surface area (Å²) in [7, 11) is 0. The summed E-state index contributed by atoms with van der Waals surface area (Å²) >= 11 is 0. The van der Waals surface area contributed by atoms with Crippen LogP contribution in [0, 0.1) is 0 Å². The number of carbonyl (C=O) groups is 3. The molecule has 1 rings (SSSR count). The lowest BCUT2D eigenvalue weighted by Gasteiger charge is -2.19. The largest absolute Gasteiger partial charge is 0.480 e. The molecule has 0 aromatic heterocycles. The standard InChI is InChI=1S/C14H23NO4/c1-2-3-4-5-6-7-8-12(16)15-11(14(18)19)9-10-13(15)17/h11H,2-10H2,1H3,(H,18,19)/t11-/m0/s1. The third-order valence-corrected chi connectivity index (χ3v) is 3.51. The highest BCUT2D eigenvalue weighted by molar-refractivity contribution is 6.01. The molecule has 5 nitrogen and oxygen atoms in total. The molecule has 1 saturated heterocycles. The van der Waals surface area contributed by atoms with Crippen LogP contribution in [-0.4, -0.2) is 33.8 Å². The van der Waals surface area contributed by atoms with Crippen molar-refractivity contribution in [1.29, 1.82) is 0 Å². The second kappa shape index (κ2) is 7.92. The number of amides is 2. The molecule has 5 heteroatoms. The first-order valence-electron chi connectivity index (χ1n) is 7.15. The zero-order chi connectivity index (χ0) is 14.3. The van der Waals surface area contributed by atoms with E-state index in [1.807, 2.05) is 0 Å². The first-order chi connectivity index (χ1) is 9.07. The molecule has 2 amide bonds. The molecule has 1 aliphatic rings. The van der Waals surface area contributed by atoms with Crippen molar-refractivity contribution in [1.82, 2.24) is 4.90 Å². The highest BCUT2D eigenvalue weighted by Gasteiger charge is 2.39. The zero-order valence-corrected chi connectivity index (χ0v) is 11.6. The highest BCUT2D eigenvalue weighted by Crippen LogP contribution is 2.21. The van der Waals surface area contributed by atoms with E-state index in [0.717, 1.165) is 24.2 Å². The van der Waals surface area contributed by atoms with Crippen molar-refractivity contribution in [2.45, 2.75) is 70.8 Å². The van der Waals surface area contributed by atoms with Crippen molar-refractivity contribution in [3.63, 3.8) is 0 Å². The van der Waals surface area contributed by atoms with E-state index in [1.54, 1.807) is 0 Å². The Kier molecular flexibility index (Phi) is 6.53. The van der Waals surface area contributed by atoms with Crippen molar-refractivity contribution in [2.24, 2.45) is 0 Å². The van der Waals surface area contributed by atoms with Gasteiger partial charge in [0.15, 0.2) is 0 Å². The fourth-order valence-electron chi connectivity index (χ4n) is 2.41. The number of carboxylic acids is 1. The van der Waals surface area contributed by atoms with Gasteiger partial charge in [-0.25, -0.2) is 4.79 Å². The smallest absolute Gasteiger partial charge is 0.326 e. The Bertz CT molecular complexity index is 340. The Morgan fingerprint density at radius 2 is 1.84 bits per heavy atom. The summed E-state index contributed by atoms with van der Waals surface area (Å²) in [6, 6.07) is -0.944. The molecule has 19 heavy (non-hydrogen) atoms. The van der Waals surface area contributed by atoms with Crippen molar-refractivity contribution in [2.75, 3.05) is 0 Å². The van der Waals surface area contributed by atoms with Crippen molar-refractivity contribution in [3.8, 4) is 0 Å². The molecule has 1 heterocycles. The second-order valence-corrected chi connectivity index (χ2v) is 5.07. The summed E-state index contributed by atoms with van der Waals surface area (Å²) in [5.74, 6) is -1.75. The number of unbranched alkanes of at least 4 members (excludes halogenated alkanes) is 5. The van der Waals surface area contributed by atoms with Gasteiger partial charge in [-0.3, -0.25) is 14.5 Å². The Balaban J connectivity index is 2.31. The van der Waals surface area contributed by atoms with Gasteiger partial charge in [-0.15, -0.1) is 0 Å². The lowest BCUT2D eigenvalue weighted by atomic mass is 10.1.